The van der Waals surface area contributed by atoms with Crippen LogP contribution >= 0.6 is 7.60 Å². The van der Waals surface area contributed by atoms with Gasteiger partial charge >= 0.3 is 13.3 Å². The summed E-state index contributed by atoms with van der Waals surface area (Å²) in [5.74, 6) is -2.20. The summed E-state index contributed by atoms with van der Waals surface area (Å²) in [5, 5.41) is 20.0. The number of aromatic nitrogens is 2. The van der Waals surface area contributed by atoms with E-state index in [0.717, 1.165) is 25.0 Å². The molecule has 0 bridgehead atoms. The Kier molecular flexibility index (Phi) is 5.45. The molecule has 3 N–H and O–H groups in total. The Hall–Kier alpha value is -1.33. The number of aliphatic hydroxyl groups is 2. The van der Waals surface area contributed by atoms with Gasteiger partial charge in [-0.1, -0.05) is 0 Å². The third-order valence-electron chi connectivity index (χ3n) is 3.64. The van der Waals surface area contributed by atoms with E-state index < -0.39 is 43.3 Å². The summed E-state index contributed by atoms with van der Waals surface area (Å²) in [5.41, 5.74) is -1.43. The summed E-state index contributed by atoms with van der Waals surface area (Å²) in [7, 11) is -1.39. The van der Waals surface area contributed by atoms with E-state index in [4.69, 9.17) is 18.5 Å². The maximum Gasteiger partial charge on any atom is 0.355 e. The standard InChI is InChI=1S/C12H19N2O9P/c1-7-4-14(11(18)13-10(7)17)12(9(16)8(15)5-22-12)23-6-24(19,20-2)21-3/h4,8-9,15-16H,5-6H2,1-3H3,(H,13,17,18)/t8-,9-,12+/m1/s1. The van der Waals surface area contributed by atoms with Gasteiger partial charge < -0.3 is 28.7 Å². The molecular formula is C12H19N2O9P. The maximum atomic E-state index is 12.2. The first-order valence-corrected chi connectivity index (χ1v) is 8.59. The van der Waals surface area contributed by atoms with Crippen molar-refractivity contribution >= 4 is 7.60 Å². The van der Waals surface area contributed by atoms with E-state index in [9.17, 15) is 24.4 Å². The molecule has 24 heavy (non-hydrogen) atoms. The number of nitrogens with one attached hydrogen (secondary N) is 1. The van der Waals surface area contributed by atoms with Gasteiger partial charge in [-0.15, -0.1) is 0 Å². The summed E-state index contributed by atoms with van der Waals surface area (Å²) >= 11 is 0. The number of rotatable bonds is 6. The highest BCUT2D eigenvalue weighted by atomic mass is 31.2. The van der Waals surface area contributed by atoms with Crippen LogP contribution in [0.4, 0.5) is 0 Å². The molecule has 1 fully saturated rings. The van der Waals surface area contributed by atoms with E-state index in [1.807, 2.05) is 4.98 Å². The third kappa shape index (κ3) is 3.24. The average Bonchev–Trinajstić information content (AvgIpc) is 2.85. The van der Waals surface area contributed by atoms with Crippen LogP contribution in [0.3, 0.4) is 0 Å². The van der Waals surface area contributed by atoms with Crippen molar-refractivity contribution in [3.05, 3.63) is 32.6 Å². The molecule has 0 saturated carbocycles. The fraction of sp³-hybridized carbons (Fsp3) is 0.667. The molecule has 2 heterocycles. The van der Waals surface area contributed by atoms with Crippen LogP contribution in [0, 0.1) is 6.92 Å². The second-order valence-corrected chi connectivity index (χ2v) is 7.36. The number of aliphatic hydroxyl groups excluding tert-OH is 2. The molecule has 0 amide bonds. The fourth-order valence-electron chi connectivity index (χ4n) is 2.18. The van der Waals surface area contributed by atoms with Gasteiger partial charge in [-0.3, -0.25) is 14.3 Å². The van der Waals surface area contributed by atoms with E-state index in [2.05, 4.69) is 0 Å². The van der Waals surface area contributed by atoms with Crippen molar-refractivity contribution in [3.8, 4) is 0 Å². The van der Waals surface area contributed by atoms with Gasteiger partial charge in [0.25, 0.3) is 11.5 Å². The Balaban J connectivity index is 2.50. The van der Waals surface area contributed by atoms with Gasteiger partial charge in [0.05, 0.1) is 6.61 Å². The van der Waals surface area contributed by atoms with Crippen LogP contribution in [-0.4, -0.2) is 59.1 Å². The number of hydrogen-bond acceptors (Lipinski definition) is 9. The number of nitrogens with zero attached hydrogens (tertiary/aromatic N) is 1. The second kappa shape index (κ2) is 6.89. The summed E-state index contributed by atoms with van der Waals surface area (Å²) in [6.45, 7) is 1.07. The molecule has 1 aromatic rings. The summed E-state index contributed by atoms with van der Waals surface area (Å²) in [4.78, 5) is 25.7. The van der Waals surface area contributed by atoms with Gasteiger partial charge in [0.1, 0.15) is 6.10 Å². The maximum absolute atomic E-state index is 12.2. The van der Waals surface area contributed by atoms with Gasteiger partial charge in [0.2, 0.25) is 0 Å². The van der Waals surface area contributed by atoms with Crippen LogP contribution in [0.5, 0.6) is 0 Å². The Morgan fingerprint density at radius 1 is 1.42 bits per heavy atom. The van der Waals surface area contributed by atoms with Gasteiger partial charge in [-0.05, 0) is 6.92 Å². The number of hydrogen-bond donors (Lipinski definition) is 3. The minimum atomic E-state index is -3.66. The Morgan fingerprint density at radius 2 is 2.04 bits per heavy atom. The smallest absolute Gasteiger partial charge is 0.355 e. The Morgan fingerprint density at radius 3 is 2.54 bits per heavy atom. The molecule has 11 nitrogen and oxygen atoms in total. The van der Waals surface area contributed by atoms with Crippen LogP contribution in [0.25, 0.3) is 0 Å². The molecule has 1 aliphatic heterocycles. The minimum absolute atomic E-state index is 0.136. The summed E-state index contributed by atoms with van der Waals surface area (Å²) in [6.07, 6.45) is -2.63. The first-order chi connectivity index (χ1) is 11.2. The molecule has 0 radical (unpaired) electrons. The predicted octanol–water partition coefficient (Wildman–Crippen LogP) is -1.33. The lowest BCUT2D eigenvalue weighted by Gasteiger charge is -2.33. The zero-order chi connectivity index (χ0) is 18.1. The molecule has 0 unspecified atom stereocenters. The van der Waals surface area contributed by atoms with Crippen molar-refractivity contribution in [2.24, 2.45) is 0 Å². The Bertz CT molecular complexity index is 752. The van der Waals surface area contributed by atoms with Crippen molar-refractivity contribution in [1.82, 2.24) is 9.55 Å². The molecule has 136 valence electrons. The minimum Gasteiger partial charge on any atom is -0.388 e. The molecule has 1 aliphatic rings. The van der Waals surface area contributed by atoms with Crippen molar-refractivity contribution in [2.45, 2.75) is 25.0 Å². The number of aryl methyl sites for hydroxylation is 1. The van der Waals surface area contributed by atoms with Crippen LogP contribution in [0.15, 0.2) is 15.8 Å². The monoisotopic (exact) mass is 366 g/mol. The molecule has 0 aliphatic carbocycles. The lowest BCUT2D eigenvalue weighted by molar-refractivity contribution is -0.300. The molecule has 2 rings (SSSR count). The first-order valence-electron chi connectivity index (χ1n) is 6.87. The fourth-order valence-corrected chi connectivity index (χ4v) is 2.89. The molecule has 0 spiro atoms. The van der Waals surface area contributed by atoms with Crippen LogP contribution in [0.2, 0.25) is 0 Å². The highest BCUT2D eigenvalue weighted by molar-refractivity contribution is 7.53. The molecule has 1 aromatic heterocycles. The second-order valence-electron chi connectivity index (χ2n) is 5.14. The number of ether oxygens (including phenoxy) is 2. The van der Waals surface area contributed by atoms with Crippen molar-refractivity contribution in [1.29, 1.82) is 0 Å². The quantitative estimate of drug-likeness (QED) is 0.520. The molecule has 0 aromatic carbocycles. The molecule has 12 heteroatoms. The number of H-pyrrole nitrogens is 1. The van der Waals surface area contributed by atoms with E-state index in [-0.39, 0.29) is 12.2 Å². The molecule has 3 atom stereocenters. The van der Waals surface area contributed by atoms with Crippen LogP contribution < -0.4 is 11.2 Å². The van der Waals surface area contributed by atoms with Gasteiger partial charge in [-0.25, -0.2) is 9.36 Å². The normalized spacial score (nSPS) is 27.5. The first kappa shape index (κ1) is 19.0. The van der Waals surface area contributed by atoms with Crippen LogP contribution in [0.1, 0.15) is 5.56 Å². The summed E-state index contributed by atoms with van der Waals surface area (Å²) in [6, 6.07) is 0. The lowest BCUT2D eigenvalue weighted by atomic mass is 10.2. The Labute approximate surface area is 136 Å². The van der Waals surface area contributed by atoms with E-state index in [0.29, 0.717) is 0 Å². The van der Waals surface area contributed by atoms with E-state index in [1.54, 1.807) is 0 Å². The van der Waals surface area contributed by atoms with E-state index >= 15 is 0 Å². The number of aromatic amines is 1. The largest absolute Gasteiger partial charge is 0.388 e. The van der Waals surface area contributed by atoms with Gasteiger partial charge in [0.15, 0.2) is 12.5 Å². The topological polar surface area (TPSA) is 149 Å². The average molecular weight is 366 g/mol. The van der Waals surface area contributed by atoms with Crippen molar-refractivity contribution < 1.29 is 33.3 Å². The highest BCUT2D eigenvalue weighted by Gasteiger charge is 2.54. The molecule has 1 saturated heterocycles. The zero-order valence-electron chi connectivity index (χ0n) is 13.3. The molecular weight excluding hydrogens is 347 g/mol. The lowest BCUT2D eigenvalue weighted by Crippen LogP contribution is -2.53. The zero-order valence-corrected chi connectivity index (χ0v) is 14.2. The van der Waals surface area contributed by atoms with E-state index in [1.165, 1.54) is 6.92 Å². The van der Waals surface area contributed by atoms with Crippen molar-refractivity contribution in [3.63, 3.8) is 0 Å². The highest BCUT2D eigenvalue weighted by Crippen LogP contribution is 2.48. The van der Waals surface area contributed by atoms with Crippen LogP contribution in [-0.2, 0) is 29.0 Å². The third-order valence-corrected chi connectivity index (χ3v) is 5.20. The summed E-state index contributed by atoms with van der Waals surface area (Å²) < 4.78 is 33.1. The predicted molar refractivity (Wildman–Crippen MR) is 79.6 cm³/mol. The van der Waals surface area contributed by atoms with Gasteiger partial charge in [-0.2, -0.15) is 0 Å². The SMILES string of the molecule is COP(=O)(CO[C@@]1(n2cc(C)c(=O)[nH]c2=O)OC[C@@H](O)[C@H]1O)OC. The van der Waals surface area contributed by atoms with Crippen molar-refractivity contribution in [2.75, 3.05) is 27.2 Å². The van der Waals surface area contributed by atoms with Gasteiger partial charge in [0, 0.05) is 26.0 Å².